The summed E-state index contributed by atoms with van der Waals surface area (Å²) in [5.41, 5.74) is 1.39. The molecule has 2 aromatic rings. The average molecular weight is 264 g/mol. The zero-order valence-corrected chi connectivity index (χ0v) is 11.0. The first-order valence-electron chi connectivity index (χ1n) is 5.68. The van der Waals surface area contributed by atoms with E-state index in [0.29, 0.717) is 10.4 Å². The van der Waals surface area contributed by atoms with E-state index in [4.69, 9.17) is 0 Å². The number of carbonyl (C=O) groups excluding carboxylic acids is 1. The normalized spacial score (nSPS) is 10.9. The molecule has 0 saturated carbocycles. The molecule has 2 rings (SSSR count). The van der Waals surface area contributed by atoms with Crippen LogP contribution in [0.2, 0.25) is 0 Å². The second kappa shape index (κ2) is 5.35. The number of aromatic nitrogens is 2. The lowest BCUT2D eigenvalue weighted by atomic mass is 10.0. The third-order valence-corrected chi connectivity index (χ3v) is 3.35. The Hall–Kier alpha value is -1.62. The number of carbonyl (C=O) groups is 1. The van der Waals surface area contributed by atoms with Crippen LogP contribution in [0.15, 0.2) is 24.3 Å². The van der Waals surface area contributed by atoms with Gasteiger partial charge in [0, 0.05) is 6.42 Å². The van der Waals surface area contributed by atoms with Crippen molar-refractivity contribution >= 4 is 17.3 Å². The molecule has 0 spiro atoms. The molecule has 0 radical (unpaired) electrons. The molecule has 0 fully saturated rings. The molecule has 0 amide bonds. The van der Waals surface area contributed by atoms with Crippen molar-refractivity contribution in [3.8, 4) is 0 Å². The molecule has 1 aromatic carbocycles. The van der Waals surface area contributed by atoms with Crippen molar-refractivity contribution in [2.24, 2.45) is 0 Å². The number of hydrogen-bond acceptors (Lipinski definition) is 4. The van der Waals surface area contributed by atoms with Gasteiger partial charge in [0.2, 0.25) is 0 Å². The SMILES string of the molecule is CC(C)c1nnsc1C(=O)Cc1cccc(F)c1. The van der Waals surface area contributed by atoms with Crippen molar-refractivity contribution in [1.82, 2.24) is 9.59 Å². The molecule has 5 heteroatoms. The second-order valence-electron chi connectivity index (χ2n) is 4.37. The Bertz CT molecular complexity index is 566. The fourth-order valence-corrected chi connectivity index (χ4v) is 2.44. The van der Waals surface area contributed by atoms with Gasteiger partial charge in [0.1, 0.15) is 10.7 Å². The minimum atomic E-state index is -0.327. The van der Waals surface area contributed by atoms with E-state index in [-0.39, 0.29) is 23.9 Å². The van der Waals surface area contributed by atoms with Gasteiger partial charge in [0.15, 0.2) is 5.78 Å². The molecule has 1 aromatic heterocycles. The van der Waals surface area contributed by atoms with Gasteiger partial charge in [-0.05, 0) is 35.1 Å². The molecule has 0 unspecified atom stereocenters. The van der Waals surface area contributed by atoms with E-state index in [1.165, 1.54) is 12.1 Å². The Kier molecular flexibility index (Phi) is 3.81. The van der Waals surface area contributed by atoms with Crippen LogP contribution in [-0.4, -0.2) is 15.4 Å². The predicted octanol–water partition coefficient (Wildman–Crippen LogP) is 3.23. The van der Waals surface area contributed by atoms with Gasteiger partial charge in [-0.15, -0.1) is 5.10 Å². The maximum Gasteiger partial charge on any atom is 0.180 e. The minimum absolute atomic E-state index is 0.0562. The van der Waals surface area contributed by atoms with Crippen LogP contribution in [0.5, 0.6) is 0 Å². The van der Waals surface area contributed by atoms with E-state index in [1.807, 2.05) is 13.8 Å². The van der Waals surface area contributed by atoms with Crippen LogP contribution in [-0.2, 0) is 6.42 Å². The van der Waals surface area contributed by atoms with Crippen molar-refractivity contribution in [1.29, 1.82) is 0 Å². The fourth-order valence-electron chi connectivity index (χ4n) is 1.68. The van der Waals surface area contributed by atoms with E-state index in [0.717, 1.165) is 17.2 Å². The largest absolute Gasteiger partial charge is 0.293 e. The smallest absolute Gasteiger partial charge is 0.180 e. The number of benzene rings is 1. The maximum absolute atomic E-state index is 13.0. The van der Waals surface area contributed by atoms with Crippen LogP contribution in [0.4, 0.5) is 4.39 Å². The summed E-state index contributed by atoms with van der Waals surface area (Å²) in [6.07, 6.45) is 0.182. The highest BCUT2D eigenvalue weighted by Gasteiger charge is 2.18. The van der Waals surface area contributed by atoms with Crippen LogP contribution >= 0.6 is 11.5 Å². The zero-order valence-electron chi connectivity index (χ0n) is 10.2. The summed E-state index contributed by atoms with van der Waals surface area (Å²) >= 11 is 1.11. The Morgan fingerprint density at radius 3 is 2.89 bits per heavy atom. The molecule has 0 bridgehead atoms. The van der Waals surface area contributed by atoms with Crippen LogP contribution in [0.1, 0.15) is 40.7 Å². The standard InChI is InChI=1S/C13H13FN2OS/c1-8(2)12-13(18-16-15-12)11(17)7-9-4-3-5-10(14)6-9/h3-6,8H,7H2,1-2H3. The lowest BCUT2D eigenvalue weighted by Gasteiger charge is -2.03. The summed E-state index contributed by atoms with van der Waals surface area (Å²) < 4.78 is 16.9. The van der Waals surface area contributed by atoms with Crippen LogP contribution < -0.4 is 0 Å². The number of hydrogen-bond donors (Lipinski definition) is 0. The lowest BCUT2D eigenvalue weighted by Crippen LogP contribution is -2.06. The molecule has 0 N–H and O–H groups in total. The summed E-state index contributed by atoms with van der Waals surface area (Å²) in [4.78, 5) is 12.7. The Morgan fingerprint density at radius 1 is 1.44 bits per heavy atom. The zero-order chi connectivity index (χ0) is 13.1. The first-order valence-corrected chi connectivity index (χ1v) is 6.45. The molecule has 18 heavy (non-hydrogen) atoms. The topological polar surface area (TPSA) is 42.9 Å². The third-order valence-electron chi connectivity index (χ3n) is 2.57. The summed E-state index contributed by atoms with van der Waals surface area (Å²) in [7, 11) is 0. The molecular formula is C13H13FN2OS. The summed E-state index contributed by atoms with van der Waals surface area (Å²) in [5, 5.41) is 3.97. The highest BCUT2D eigenvalue weighted by Crippen LogP contribution is 2.21. The van der Waals surface area contributed by atoms with Crippen LogP contribution in [0.3, 0.4) is 0 Å². The van der Waals surface area contributed by atoms with Gasteiger partial charge >= 0.3 is 0 Å². The van der Waals surface area contributed by atoms with Crippen molar-refractivity contribution in [2.75, 3.05) is 0 Å². The average Bonchev–Trinajstić information content (AvgIpc) is 2.77. The first-order chi connectivity index (χ1) is 8.58. The van der Waals surface area contributed by atoms with Gasteiger partial charge in [-0.25, -0.2) is 4.39 Å². The number of ketones is 1. The molecule has 0 saturated heterocycles. The van der Waals surface area contributed by atoms with Crippen molar-refractivity contribution in [2.45, 2.75) is 26.2 Å². The Balaban J connectivity index is 2.20. The molecule has 0 atom stereocenters. The fraction of sp³-hybridized carbons (Fsp3) is 0.308. The van der Waals surface area contributed by atoms with Gasteiger partial charge in [-0.3, -0.25) is 4.79 Å². The van der Waals surface area contributed by atoms with Crippen LogP contribution in [0.25, 0.3) is 0 Å². The molecule has 1 heterocycles. The van der Waals surface area contributed by atoms with E-state index in [2.05, 4.69) is 9.59 Å². The third kappa shape index (κ3) is 2.79. The van der Waals surface area contributed by atoms with Crippen molar-refractivity contribution < 1.29 is 9.18 Å². The lowest BCUT2D eigenvalue weighted by molar-refractivity contribution is 0.0995. The first kappa shape index (κ1) is 12.8. The number of rotatable bonds is 4. The molecule has 0 aliphatic carbocycles. The monoisotopic (exact) mass is 264 g/mol. The highest BCUT2D eigenvalue weighted by atomic mass is 32.1. The van der Waals surface area contributed by atoms with Gasteiger partial charge in [0.05, 0.1) is 5.69 Å². The maximum atomic E-state index is 13.0. The summed E-state index contributed by atoms with van der Waals surface area (Å²) in [6, 6.07) is 6.08. The van der Waals surface area contributed by atoms with Gasteiger partial charge in [0.25, 0.3) is 0 Å². The molecule has 94 valence electrons. The molecular weight excluding hydrogens is 251 g/mol. The number of Topliss-reactive ketones (excluding diaryl/α,β-unsaturated/α-hetero) is 1. The van der Waals surface area contributed by atoms with Gasteiger partial charge in [-0.1, -0.05) is 30.5 Å². The van der Waals surface area contributed by atoms with Crippen molar-refractivity contribution in [3.63, 3.8) is 0 Å². The molecule has 3 nitrogen and oxygen atoms in total. The number of halogens is 1. The summed E-state index contributed by atoms with van der Waals surface area (Å²) in [6.45, 7) is 3.94. The second-order valence-corrected chi connectivity index (χ2v) is 5.13. The molecule has 0 aliphatic rings. The van der Waals surface area contributed by atoms with E-state index in [9.17, 15) is 9.18 Å². The predicted molar refractivity (Wildman–Crippen MR) is 68.4 cm³/mol. The quantitative estimate of drug-likeness (QED) is 0.796. The van der Waals surface area contributed by atoms with Gasteiger partial charge < -0.3 is 0 Å². The minimum Gasteiger partial charge on any atom is -0.293 e. The van der Waals surface area contributed by atoms with Crippen LogP contribution in [0, 0.1) is 5.82 Å². The number of nitrogens with zero attached hydrogens (tertiary/aromatic N) is 2. The summed E-state index contributed by atoms with van der Waals surface area (Å²) in [5.74, 6) is -0.221. The van der Waals surface area contributed by atoms with Gasteiger partial charge in [-0.2, -0.15) is 0 Å². The van der Waals surface area contributed by atoms with E-state index >= 15 is 0 Å². The van der Waals surface area contributed by atoms with Crippen molar-refractivity contribution in [3.05, 3.63) is 46.2 Å². The Labute approximate surface area is 109 Å². The van der Waals surface area contributed by atoms with E-state index in [1.54, 1.807) is 12.1 Å². The molecule has 0 aliphatic heterocycles. The van der Waals surface area contributed by atoms with E-state index < -0.39 is 0 Å². The highest BCUT2D eigenvalue weighted by molar-refractivity contribution is 7.08. The Morgan fingerprint density at radius 2 is 2.22 bits per heavy atom.